The number of hydrogen-bond acceptors (Lipinski definition) is 3. The topological polar surface area (TPSA) is 64.1 Å². The minimum absolute atomic E-state index is 0.110. The van der Waals surface area contributed by atoms with Gasteiger partial charge in [0, 0.05) is 24.7 Å². The normalized spacial score (nSPS) is 19.7. The van der Waals surface area contributed by atoms with Crippen LogP contribution in [-0.2, 0) is 13.0 Å². The third-order valence-electron chi connectivity index (χ3n) is 3.73. The van der Waals surface area contributed by atoms with Crippen LogP contribution in [0.25, 0.3) is 0 Å². The van der Waals surface area contributed by atoms with Crippen molar-refractivity contribution in [3.63, 3.8) is 0 Å². The van der Waals surface area contributed by atoms with E-state index in [-0.39, 0.29) is 12.0 Å². The lowest BCUT2D eigenvalue weighted by Gasteiger charge is -2.30. The van der Waals surface area contributed by atoms with Gasteiger partial charge < -0.3 is 10.8 Å². The molecule has 1 fully saturated rings. The Morgan fingerprint density at radius 3 is 2.81 bits per heavy atom. The number of rotatable bonds is 6. The number of nitrogens with two attached hydrogens (primary N) is 1. The number of hydrogen-bond donors (Lipinski definition) is 2. The standard InChI is InChI=1S/C12H21N3O/c1-2-15-7-10(6-14-15)5-12(8-13,9-16)11-3-4-11/h6-7,11,16H,2-5,8-9,13H2,1H3. The van der Waals surface area contributed by atoms with Crippen molar-refractivity contribution in [2.45, 2.75) is 32.7 Å². The molecule has 0 radical (unpaired) electrons. The monoisotopic (exact) mass is 223 g/mol. The van der Waals surface area contributed by atoms with E-state index in [4.69, 9.17) is 5.73 Å². The van der Waals surface area contributed by atoms with E-state index in [1.165, 1.54) is 18.4 Å². The molecule has 0 aromatic carbocycles. The first-order chi connectivity index (χ1) is 7.74. The fourth-order valence-corrected chi connectivity index (χ4v) is 2.41. The largest absolute Gasteiger partial charge is 0.396 e. The van der Waals surface area contributed by atoms with Gasteiger partial charge in [-0.15, -0.1) is 0 Å². The number of aromatic nitrogens is 2. The second-order valence-electron chi connectivity index (χ2n) is 4.88. The maximum absolute atomic E-state index is 9.61. The number of nitrogens with zero attached hydrogens (tertiary/aromatic N) is 2. The molecule has 0 saturated heterocycles. The summed E-state index contributed by atoms with van der Waals surface area (Å²) in [6.07, 6.45) is 7.22. The molecule has 1 aromatic heterocycles. The molecular formula is C12H21N3O. The van der Waals surface area contributed by atoms with Gasteiger partial charge in [0.25, 0.3) is 0 Å². The average Bonchev–Trinajstić information content (AvgIpc) is 3.07. The summed E-state index contributed by atoms with van der Waals surface area (Å²) >= 11 is 0. The van der Waals surface area contributed by atoms with Crippen molar-refractivity contribution in [2.24, 2.45) is 17.1 Å². The number of aryl methyl sites for hydroxylation is 1. The van der Waals surface area contributed by atoms with Gasteiger partial charge in [-0.25, -0.2) is 0 Å². The third-order valence-corrected chi connectivity index (χ3v) is 3.73. The lowest BCUT2D eigenvalue weighted by Crippen LogP contribution is -2.38. The highest BCUT2D eigenvalue weighted by Crippen LogP contribution is 2.46. The van der Waals surface area contributed by atoms with E-state index in [2.05, 4.69) is 18.2 Å². The smallest absolute Gasteiger partial charge is 0.0521 e. The molecule has 1 aromatic rings. The summed E-state index contributed by atoms with van der Waals surface area (Å²) in [6.45, 7) is 3.70. The first-order valence-electron chi connectivity index (χ1n) is 6.06. The van der Waals surface area contributed by atoms with E-state index in [1.807, 2.05) is 10.9 Å². The molecule has 2 rings (SSSR count). The summed E-state index contributed by atoms with van der Waals surface area (Å²) in [5.74, 6) is 0.604. The first kappa shape index (κ1) is 11.6. The molecule has 1 aliphatic rings. The van der Waals surface area contributed by atoms with Crippen LogP contribution in [-0.4, -0.2) is 28.0 Å². The Kier molecular flexibility index (Phi) is 3.30. The highest BCUT2D eigenvalue weighted by Gasteiger charge is 2.43. The van der Waals surface area contributed by atoms with Crippen LogP contribution in [0, 0.1) is 11.3 Å². The molecule has 0 aliphatic heterocycles. The van der Waals surface area contributed by atoms with Crippen LogP contribution in [0.15, 0.2) is 12.4 Å². The zero-order chi connectivity index (χ0) is 11.6. The van der Waals surface area contributed by atoms with Gasteiger partial charge >= 0.3 is 0 Å². The molecule has 3 N–H and O–H groups in total. The van der Waals surface area contributed by atoms with E-state index in [0.29, 0.717) is 12.5 Å². The highest BCUT2D eigenvalue weighted by atomic mass is 16.3. The molecule has 4 heteroatoms. The summed E-state index contributed by atoms with van der Waals surface area (Å²) in [7, 11) is 0. The van der Waals surface area contributed by atoms with Crippen LogP contribution in [0.1, 0.15) is 25.3 Å². The van der Waals surface area contributed by atoms with E-state index < -0.39 is 0 Å². The molecule has 1 atom stereocenters. The Bertz CT molecular complexity index is 340. The van der Waals surface area contributed by atoms with Crippen molar-refractivity contribution in [1.82, 2.24) is 9.78 Å². The molecule has 90 valence electrons. The summed E-state index contributed by atoms with van der Waals surface area (Å²) in [5, 5.41) is 13.9. The van der Waals surface area contributed by atoms with Crippen LogP contribution in [0.3, 0.4) is 0 Å². The van der Waals surface area contributed by atoms with Crippen LogP contribution in [0.4, 0.5) is 0 Å². The Balaban J connectivity index is 2.10. The van der Waals surface area contributed by atoms with Crippen LogP contribution in [0.2, 0.25) is 0 Å². The van der Waals surface area contributed by atoms with E-state index in [9.17, 15) is 5.11 Å². The van der Waals surface area contributed by atoms with Crippen molar-refractivity contribution in [3.8, 4) is 0 Å². The molecular weight excluding hydrogens is 202 g/mol. The van der Waals surface area contributed by atoms with Gasteiger partial charge in [-0.2, -0.15) is 5.10 Å². The first-order valence-corrected chi connectivity index (χ1v) is 6.06. The Morgan fingerprint density at radius 1 is 1.62 bits per heavy atom. The van der Waals surface area contributed by atoms with Gasteiger partial charge in [0.15, 0.2) is 0 Å². The van der Waals surface area contributed by atoms with Crippen LogP contribution < -0.4 is 5.73 Å². The van der Waals surface area contributed by atoms with Gasteiger partial charge in [0.2, 0.25) is 0 Å². The number of aliphatic hydroxyl groups is 1. The second-order valence-corrected chi connectivity index (χ2v) is 4.88. The van der Waals surface area contributed by atoms with E-state index in [0.717, 1.165) is 13.0 Å². The van der Waals surface area contributed by atoms with Crippen molar-refractivity contribution < 1.29 is 5.11 Å². The zero-order valence-corrected chi connectivity index (χ0v) is 9.89. The van der Waals surface area contributed by atoms with Gasteiger partial charge in [0.05, 0.1) is 12.8 Å². The van der Waals surface area contributed by atoms with E-state index >= 15 is 0 Å². The molecule has 0 bridgehead atoms. The molecule has 0 spiro atoms. The second kappa shape index (κ2) is 4.55. The van der Waals surface area contributed by atoms with Crippen molar-refractivity contribution in [3.05, 3.63) is 18.0 Å². The van der Waals surface area contributed by atoms with Gasteiger partial charge in [-0.05, 0) is 37.7 Å². The molecule has 16 heavy (non-hydrogen) atoms. The molecule has 4 nitrogen and oxygen atoms in total. The fourth-order valence-electron chi connectivity index (χ4n) is 2.41. The minimum atomic E-state index is -0.110. The molecule has 1 aliphatic carbocycles. The molecule has 1 unspecified atom stereocenters. The maximum Gasteiger partial charge on any atom is 0.0521 e. The van der Waals surface area contributed by atoms with Crippen molar-refractivity contribution in [1.29, 1.82) is 0 Å². The predicted molar refractivity (Wildman–Crippen MR) is 62.9 cm³/mol. The maximum atomic E-state index is 9.61. The summed E-state index contributed by atoms with van der Waals surface area (Å²) in [5.41, 5.74) is 6.94. The van der Waals surface area contributed by atoms with Crippen molar-refractivity contribution in [2.75, 3.05) is 13.2 Å². The SMILES string of the molecule is CCn1cc(CC(CN)(CO)C2CC2)cn1. The van der Waals surface area contributed by atoms with Crippen molar-refractivity contribution >= 4 is 0 Å². The molecule has 1 saturated carbocycles. The van der Waals surface area contributed by atoms with Crippen LogP contribution in [0.5, 0.6) is 0 Å². The van der Waals surface area contributed by atoms with Crippen LogP contribution >= 0.6 is 0 Å². The Hall–Kier alpha value is -0.870. The highest BCUT2D eigenvalue weighted by molar-refractivity contribution is 5.11. The average molecular weight is 223 g/mol. The minimum Gasteiger partial charge on any atom is -0.396 e. The van der Waals surface area contributed by atoms with Gasteiger partial charge in [0.1, 0.15) is 0 Å². The molecule has 1 heterocycles. The predicted octanol–water partition coefficient (Wildman–Crippen LogP) is 0.793. The summed E-state index contributed by atoms with van der Waals surface area (Å²) in [4.78, 5) is 0. The summed E-state index contributed by atoms with van der Waals surface area (Å²) in [6, 6.07) is 0. The Labute approximate surface area is 96.5 Å². The quantitative estimate of drug-likeness (QED) is 0.749. The zero-order valence-electron chi connectivity index (χ0n) is 9.89. The van der Waals surface area contributed by atoms with Gasteiger partial charge in [-0.3, -0.25) is 4.68 Å². The third kappa shape index (κ3) is 2.13. The summed E-state index contributed by atoms with van der Waals surface area (Å²) < 4.78 is 1.92. The number of aliphatic hydroxyl groups excluding tert-OH is 1. The lowest BCUT2D eigenvalue weighted by atomic mass is 9.78. The van der Waals surface area contributed by atoms with Gasteiger partial charge in [-0.1, -0.05) is 0 Å². The fraction of sp³-hybridized carbons (Fsp3) is 0.750. The van der Waals surface area contributed by atoms with E-state index in [1.54, 1.807) is 0 Å². The Morgan fingerprint density at radius 2 is 2.38 bits per heavy atom. The lowest BCUT2D eigenvalue weighted by molar-refractivity contribution is 0.109. The molecule has 0 amide bonds.